The standard InChI is InChI=1S/C13H18N2O2.C2HF3O2/c16-13(15-9-12-6-7-14-8-12)17-10-11-4-2-1-3-5-11;3-2(4,5)1(6)7/h1-5,12,14H,6-10H2,(H,15,16);(H,6,7)/t12-;/m1./s1. The summed E-state index contributed by atoms with van der Waals surface area (Å²) in [5, 5.41) is 13.2. The maximum atomic E-state index is 11.4. The Morgan fingerprint density at radius 3 is 2.42 bits per heavy atom. The van der Waals surface area contributed by atoms with Crippen LogP contribution in [0.5, 0.6) is 0 Å². The van der Waals surface area contributed by atoms with Crippen molar-refractivity contribution in [2.24, 2.45) is 5.92 Å². The topological polar surface area (TPSA) is 87.7 Å². The molecule has 1 aromatic carbocycles. The zero-order valence-electron chi connectivity index (χ0n) is 12.8. The van der Waals surface area contributed by atoms with E-state index < -0.39 is 12.1 Å². The highest BCUT2D eigenvalue weighted by Gasteiger charge is 2.38. The molecule has 2 rings (SSSR count). The molecule has 1 amide bonds. The molecule has 0 aliphatic carbocycles. The van der Waals surface area contributed by atoms with Crippen molar-refractivity contribution in [1.82, 2.24) is 10.6 Å². The van der Waals surface area contributed by atoms with Crippen molar-refractivity contribution in [3.8, 4) is 0 Å². The third-order valence-electron chi connectivity index (χ3n) is 3.15. The lowest BCUT2D eigenvalue weighted by atomic mass is 10.1. The number of hydrogen-bond donors (Lipinski definition) is 3. The van der Waals surface area contributed by atoms with Gasteiger partial charge in [-0.1, -0.05) is 30.3 Å². The van der Waals surface area contributed by atoms with Crippen molar-refractivity contribution >= 4 is 12.1 Å². The van der Waals surface area contributed by atoms with Crippen LogP contribution in [-0.4, -0.2) is 43.0 Å². The van der Waals surface area contributed by atoms with Crippen LogP contribution in [0.4, 0.5) is 18.0 Å². The van der Waals surface area contributed by atoms with Gasteiger partial charge in [0, 0.05) is 6.54 Å². The van der Waals surface area contributed by atoms with Crippen LogP contribution in [0.25, 0.3) is 0 Å². The van der Waals surface area contributed by atoms with E-state index in [4.69, 9.17) is 14.6 Å². The van der Waals surface area contributed by atoms with Crippen LogP contribution in [0.15, 0.2) is 30.3 Å². The van der Waals surface area contributed by atoms with Gasteiger partial charge in [0.15, 0.2) is 0 Å². The van der Waals surface area contributed by atoms with Gasteiger partial charge in [-0.3, -0.25) is 0 Å². The molecule has 1 atom stereocenters. The number of carboxylic acids is 1. The molecule has 1 heterocycles. The first-order valence-corrected chi connectivity index (χ1v) is 7.24. The summed E-state index contributed by atoms with van der Waals surface area (Å²) < 4.78 is 36.9. The number of carbonyl (C=O) groups is 2. The van der Waals surface area contributed by atoms with Crippen molar-refractivity contribution < 1.29 is 32.6 Å². The van der Waals surface area contributed by atoms with Gasteiger partial charge in [0.25, 0.3) is 0 Å². The van der Waals surface area contributed by atoms with Crippen LogP contribution in [-0.2, 0) is 16.1 Å². The minimum atomic E-state index is -5.08. The molecule has 1 aromatic rings. The summed E-state index contributed by atoms with van der Waals surface area (Å²) >= 11 is 0. The van der Waals surface area contributed by atoms with Crippen molar-refractivity contribution in [3.05, 3.63) is 35.9 Å². The average Bonchev–Trinajstić information content (AvgIpc) is 3.05. The average molecular weight is 348 g/mol. The number of ether oxygens (including phenoxy) is 1. The fraction of sp³-hybridized carbons (Fsp3) is 0.467. The number of amides is 1. The van der Waals surface area contributed by atoms with Crippen molar-refractivity contribution in [2.75, 3.05) is 19.6 Å². The lowest BCUT2D eigenvalue weighted by Crippen LogP contribution is -2.30. The van der Waals surface area contributed by atoms with Gasteiger partial charge in [0.1, 0.15) is 6.61 Å². The monoisotopic (exact) mass is 348 g/mol. The zero-order chi connectivity index (χ0) is 18.0. The molecule has 0 aromatic heterocycles. The summed E-state index contributed by atoms with van der Waals surface area (Å²) in [6, 6.07) is 9.68. The molecule has 1 aliphatic heterocycles. The van der Waals surface area contributed by atoms with E-state index in [-0.39, 0.29) is 6.09 Å². The molecule has 0 radical (unpaired) electrons. The highest BCUT2D eigenvalue weighted by atomic mass is 19.4. The molecule has 1 saturated heterocycles. The third kappa shape index (κ3) is 8.37. The smallest absolute Gasteiger partial charge is 0.475 e. The van der Waals surface area contributed by atoms with E-state index in [2.05, 4.69) is 10.6 Å². The fourth-order valence-corrected chi connectivity index (χ4v) is 1.89. The molecule has 3 N–H and O–H groups in total. The van der Waals surface area contributed by atoms with Crippen LogP contribution in [0.1, 0.15) is 12.0 Å². The molecule has 9 heteroatoms. The predicted octanol–water partition coefficient (Wildman–Crippen LogP) is 2.16. The van der Waals surface area contributed by atoms with E-state index in [1.165, 1.54) is 0 Å². The Morgan fingerprint density at radius 1 is 1.29 bits per heavy atom. The Kier molecular flexibility index (Phi) is 8.03. The molecule has 0 spiro atoms. The Hall–Kier alpha value is -2.29. The largest absolute Gasteiger partial charge is 0.490 e. The van der Waals surface area contributed by atoms with E-state index in [1.807, 2.05) is 30.3 Å². The second kappa shape index (κ2) is 9.76. The van der Waals surface area contributed by atoms with Gasteiger partial charge >= 0.3 is 18.2 Å². The molecule has 6 nitrogen and oxygen atoms in total. The summed E-state index contributed by atoms with van der Waals surface area (Å²) in [5.74, 6) is -2.22. The van der Waals surface area contributed by atoms with Crippen molar-refractivity contribution in [1.29, 1.82) is 0 Å². The Labute approximate surface area is 137 Å². The Bertz CT molecular complexity index is 517. The van der Waals surface area contributed by atoms with E-state index in [9.17, 15) is 18.0 Å². The van der Waals surface area contributed by atoms with Crippen LogP contribution in [0, 0.1) is 5.92 Å². The minimum Gasteiger partial charge on any atom is -0.475 e. The quantitative estimate of drug-likeness (QED) is 0.776. The number of nitrogens with one attached hydrogen (secondary N) is 2. The normalized spacial score (nSPS) is 16.7. The highest BCUT2D eigenvalue weighted by molar-refractivity contribution is 5.73. The molecule has 1 aliphatic rings. The van der Waals surface area contributed by atoms with Crippen molar-refractivity contribution in [2.45, 2.75) is 19.2 Å². The number of carbonyl (C=O) groups excluding carboxylic acids is 1. The predicted molar refractivity (Wildman–Crippen MR) is 79.3 cm³/mol. The van der Waals surface area contributed by atoms with E-state index in [0.717, 1.165) is 25.1 Å². The number of halogens is 3. The van der Waals surface area contributed by atoms with Gasteiger partial charge in [0.2, 0.25) is 0 Å². The number of hydrogen-bond acceptors (Lipinski definition) is 4. The number of rotatable bonds is 4. The molecule has 0 bridgehead atoms. The number of aliphatic carboxylic acids is 1. The third-order valence-corrected chi connectivity index (χ3v) is 3.15. The second-order valence-corrected chi connectivity index (χ2v) is 5.10. The van der Waals surface area contributed by atoms with E-state index in [0.29, 0.717) is 19.1 Å². The summed E-state index contributed by atoms with van der Waals surface area (Å²) in [7, 11) is 0. The van der Waals surface area contributed by atoms with Crippen LogP contribution in [0.2, 0.25) is 0 Å². The number of alkyl halides is 3. The Balaban J connectivity index is 0.000000351. The van der Waals surface area contributed by atoms with Crippen molar-refractivity contribution in [3.63, 3.8) is 0 Å². The number of benzene rings is 1. The van der Waals surface area contributed by atoms with Gasteiger partial charge in [-0.15, -0.1) is 0 Å². The van der Waals surface area contributed by atoms with E-state index in [1.54, 1.807) is 0 Å². The SMILES string of the molecule is O=C(NC[C@@H]1CCNC1)OCc1ccccc1.O=C(O)C(F)(F)F. The van der Waals surface area contributed by atoms with Crippen LogP contribution < -0.4 is 10.6 Å². The molecular formula is C15H19F3N2O4. The Morgan fingerprint density at radius 2 is 1.92 bits per heavy atom. The van der Waals surface area contributed by atoms with Crippen LogP contribution >= 0.6 is 0 Å². The summed E-state index contributed by atoms with van der Waals surface area (Å²) in [6.45, 7) is 3.06. The van der Waals surface area contributed by atoms with E-state index >= 15 is 0 Å². The van der Waals surface area contributed by atoms with Gasteiger partial charge in [-0.05, 0) is 31.0 Å². The van der Waals surface area contributed by atoms with Gasteiger partial charge in [-0.2, -0.15) is 13.2 Å². The lowest BCUT2D eigenvalue weighted by molar-refractivity contribution is -0.192. The lowest BCUT2D eigenvalue weighted by Gasteiger charge is -2.10. The maximum Gasteiger partial charge on any atom is 0.490 e. The first kappa shape index (κ1) is 19.8. The first-order chi connectivity index (χ1) is 11.3. The molecule has 134 valence electrons. The number of carboxylic acid groups (broad SMARTS) is 1. The molecular weight excluding hydrogens is 329 g/mol. The van der Waals surface area contributed by atoms with Gasteiger partial charge in [-0.25, -0.2) is 9.59 Å². The minimum absolute atomic E-state index is 0.329. The molecule has 0 saturated carbocycles. The van der Waals surface area contributed by atoms with Gasteiger partial charge in [0.05, 0.1) is 0 Å². The molecule has 1 fully saturated rings. The van der Waals surface area contributed by atoms with Gasteiger partial charge < -0.3 is 20.5 Å². The summed E-state index contributed by atoms with van der Waals surface area (Å²) in [5.41, 5.74) is 1.00. The maximum absolute atomic E-state index is 11.4. The summed E-state index contributed by atoms with van der Waals surface area (Å²) in [6.07, 6.45) is -4.29. The van der Waals surface area contributed by atoms with Crippen LogP contribution in [0.3, 0.4) is 0 Å². The second-order valence-electron chi connectivity index (χ2n) is 5.10. The molecule has 24 heavy (non-hydrogen) atoms. The zero-order valence-corrected chi connectivity index (χ0v) is 12.8. The fourth-order valence-electron chi connectivity index (χ4n) is 1.89. The highest BCUT2D eigenvalue weighted by Crippen LogP contribution is 2.13. The molecule has 0 unspecified atom stereocenters. The number of alkyl carbamates (subject to hydrolysis) is 1. The first-order valence-electron chi connectivity index (χ1n) is 7.24. The summed E-state index contributed by atoms with van der Waals surface area (Å²) in [4.78, 5) is 20.3.